The number of allylic oxidation sites excluding steroid dienone is 1. The highest BCUT2D eigenvalue weighted by Crippen LogP contribution is 2.30. The Labute approximate surface area is 118 Å². The summed E-state index contributed by atoms with van der Waals surface area (Å²) in [6.45, 7) is 0.891. The van der Waals surface area contributed by atoms with Gasteiger partial charge >= 0.3 is 0 Å². The second kappa shape index (κ2) is 5.99. The Morgan fingerprint density at radius 1 is 1.25 bits per heavy atom. The zero-order valence-corrected chi connectivity index (χ0v) is 11.4. The monoisotopic (exact) mass is 273 g/mol. The van der Waals surface area contributed by atoms with Crippen molar-refractivity contribution in [2.45, 2.75) is 31.8 Å². The Hall–Kier alpha value is -1.97. The molecule has 4 nitrogen and oxygen atoms in total. The van der Waals surface area contributed by atoms with E-state index in [0.717, 1.165) is 12.8 Å². The van der Waals surface area contributed by atoms with Crippen molar-refractivity contribution in [3.8, 4) is 11.5 Å². The van der Waals surface area contributed by atoms with E-state index in [1.54, 1.807) is 0 Å². The van der Waals surface area contributed by atoms with Crippen molar-refractivity contribution < 1.29 is 14.3 Å². The van der Waals surface area contributed by atoms with Crippen LogP contribution in [0.25, 0.3) is 0 Å². The molecule has 1 heterocycles. The normalized spacial score (nSPS) is 21.0. The molecule has 0 saturated heterocycles. The molecule has 1 N–H and O–H groups in total. The van der Waals surface area contributed by atoms with Crippen molar-refractivity contribution in [3.05, 3.63) is 35.9 Å². The second-order valence-electron chi connectivity index (χ2n) is 5.19. The molecule has 1 aromatic carbocycles. The largest absolute Gasteiger partial charge is 0.485 e. The van der Waals surface area contributed by atoms with E-state index in [9.17, 15) is 4.79 Å². The van der Waals surface area contributed by atoms with Crippen molar-refractivity contribution >= 4 is 5.91 Å². The molecule has 1 amide bonds. The molecule has 1 aliphatic carbocycles. The van der Waals surface area contributed by atoms with Crippen LogP contribution in [0.5, 0.6) is 11.5 Å². The van der Waals surface area contributed by atoms with Crippen LogP contribution in [0, 0.1) is 0 Å². The third kappa shape index (κ3) is 2.95. The van der Waals surface area contributed by atoms with Crippen LogP contribution in [-0.2, 0) is 4.79 Å². The lowest BCUT2D eigenvalue weighted by Gasteiger charge is -2.25. The molecule has 106 valence electrons. The highest BCUT2D eigenvalue weighted by atomic mass is 16.6. The molecule has 0 aromatic heterocycles. The van der Waals surface area contributed by atoms with Gasteiger partial charge in [-0.15, -0.1) is 0 Å². The molecule has 0 fully saturated rings. The third-order valence-corrected chi connectivity index (χ3v) is 3.68. The lowest BCUT2D eigenvalue weighted by atomic mass is 10.00. The van der Waals surface area contributed by atoms with Crippen molar-refractivity contribution in [2.75, 3.05) is 13.2 Å². The summed E-state index contributed by atoms with van der Waals surface area (Å²) in [6.07, 6.45) is 6.37. The molecule has 1 aliphatic heterocycles. The van der Waals surface area contributed by atoms with Gasteiger partial charge in [0, 0.05) is 6.54 Å². The minimum Gasteiger partial charge on any atom is -0.485 e. The van der Waals surface area contributed by atoms with Gasteiger partial charge in [-0.3, -0.25) is 4.79 Å². The Morgan fingerprint density at radius 3 is 2.90 bits per heavy atom. The molecule has 0 saturated carbocycles. The van der Waals surface area contributed by atoms with E-state index in [2.05, 4.69) is 11.4 Å². The zero-order chi connectivity index (χ0) is 13.8. The van der Waals surface area contributed by atoms with Gasteiger partial charge in [0.05, 0.1) is 0 Å². The summed E-state index contributed by atoms with van der Waals surface area (Å²) in [6, 6.07) is 7.42. The predicted molar refractivity (Wildman–Crippen MR) is 75.9 cm³/mol. The van der Waals surface area contributed by atoms with Gasteiger partial charge in [0.25, 0.3) is 5.91 Å². The summed E-state index contributed by atoms with van der Waals surface area (Å²) in [4.78, 5) is 12.1. The minimum atomic E-state index is -0.561. The molecule has 0 bridgehead atoms. The second-order valence-corrected chi connectivity index (χ2v) is 5.19. The van der Waals surface area contributed by atoms with Crippen LogP contribution in [0.3, 0.4) is 0 Å². The average Bonchev–Trinajstić information content (AvgIpc) is 2.53. The van der Waals surface area contributed by atoms with Crippen molar-refractivity contribution in [1.29, 1.82) is 0 Å². The Bertz CT molecular complexity index is 524. The van der Waals surface area contributed by atoms with Gasteiger partial charge in [-0.1, -0.05) is 23.8 Å². The molecule has 2 aliphatic rings. The number of ether oxygens (including phenoxy) is 2. The van der Waals surface area contributed by atoms with E-state index in [1.807, 2.05) is 24.3 Å². The maximum Gasteiger partial charge on any atom is 0.264 e. The van der Waals surface area contributed by atoms with Crippen LogP contribution in [0.15, 0.2) is 35.9 Å². The van der Waals surface area contributed by atoms with Gasteiger partial charge in [-0.2, -0.15) is 0 Å². The third-order valence-electron chi connectivity index (χ3n) is 3.68. The molecule has 20 heavy (non-hydrogen) atoms. The molecule has 3 rings (SSSR count). The topological polar surface area (TPSA) is 47.6 Å². The smallest absolute Gasteiger partial charge is 0.264 e. The molecule has 0 radical (unpaired) electrons. The van der Waals surface area contributed by atoms with E-state index in [1.165, 1.54) is 18.4 Å². The molecule has 0 unspecified atom stereocenters. The molecular weight excluding hydrogens is 254 g/mol. The number of fused-ring (bicyclic) bond motifs is 1. The Balaban J connectivity index is 1.55. The number of benzene rings is 1. The Morgan fingerprint density at radius 2 is 2.10 bits per heavy atom. The number of rotatable bonds is 3. The van der Waals surface area contributed by atoms with Crippen LogP contribution >= 0.6 is 0 Å². The standard InChI is InChI=1S/C16H19NO3/c18-16(17-10-12-6-2-1-3-7-12)15-11-19-13-8-4-5-9-14(13)20-15/h4-6,8-9,15H,1-3,7,10-11H2,(H,17,18)/t15-/m1/s1. The number of para-hydroxylation sites is 2. The van der Waals surface area contributed by atoms with Gasteiger partial charge in [-0.05, 0) is 37.8 Å². The first-order valence-corrected chi connectivity index (χ1v) is 7.17. The number of carbonyl (C=O) groups is 1. The van der Waals surface area contributed by atoms with Crippen LogP contribution in [0.4, 0.5) is 0 Å². The number of carbonyl (C=O) groups excluding carboxylic acids is 1. The minimum absolute atomic E-state index is 0.106. The summed E-state index contributed by atoms with van der Waals surface area (Å²) in [5, 5.41) is 2.94. The Kier molecular flexibility index (Phi) is 3.90. The van der Waals surface area contributed by atoms with E-state index in [-0.39, 0.29) is 12.5 Å². The molecule has 1 aromatic rings. The van der Waals surface area contributed by atoms with Gasteiger partial charge in [-0.25, -0.2) is 0 Å². The number of amides is 1. The fraction of sp³-hybridized carbons (Fsp3) is 0.438. The van der Waals surface area contributed by atoms with Crippen molar-refractivity contribution in [2.24, 2.45) is 0 Å². The molecule has 0 spiro atoms. The molecular formula is C16H19NO3. The predicted octanol–water partition coefficient (Wildman–Crippen LogP) is 2.44. The average molecular weight is 273 g/mol. The van der Waals surface area contributed by atoms with Crippen LogP contribution in [0.1, 0.15) is 25.7 Å². The fourth-order valence-electron chi connectivity index (χ4n) is 2.53. The van der Waals surface area contributed by atoms with Gasteiger partial charge in [0.1, 0.15) is 6.61 Å². The summed E-state index contributed by atoms with van der Waals surface area (Å²) in [5.41, 5.74) is 1.32. The van der Waals surface area contributed by atoms with Crippen LogP contribution < -0.4 is 14.8 Å². The van der Waals surface area contributed by atoms with Gasteiger partial charge in [0.15, 0.2) is 11.5 Å². The lowest BCUT2D eigenvalue weighted by Crippen LogP contribution is -2.44. The van der Waals surface area contributed by atoms with E-state index in [4.69, 9.17) is 9.47 Å². The summed E-state index contributed by atoms with van der Waals surface area (Å²) in [7, 11) is 0. The first kappa shape index (κ1) is 13.0. The summed E-state index contributed by atoms with van der Waals surface area (Å²) in [5.74, 6) is 1.23. The number of hydrogen-bond acceptors (Lipinski definition) is 3. The van der Waals surface area contributed by atoms with E-state index >= 15 is 0 Å². The number of nitrogens with one attached hydrogen (secondary N) is 1. The SMILES string of the molecule is O=C(NCC1=CCCCC1)[C@H]1COc2ccccc2O1. The van der Waals surface area contributed by atoms with Crippen LogP contribution in [0.2, 0.25) is 0 Å². The lowest BCUT2D eigenvalue weighted by molar-refractivity contribution is -0.130. The van der Waals surface area contributed by atoms with E-state index < -0.39 is 6.10 Å². The van der Waals surface area contributed by atoms with Gasteiger partial charge in [0.2, 0.25) is 6.10 Å². The molecule has 4 heteroatoms. The number of hydrogen-bond donors (Lipinski definition) is 1. The summed E-state index contributed by atoms with van der Waals surface area (Å²) < 4.78 is 11.2. The quantitative estimate of drug-likeness (QED) is 0.860. The summed E-state index contributed by atoms with van der Waals surface area (Å²) >= 11 is 0. The maximum atomic E-state index is 12.1. The fourth-order valence-corrected chi connectivity index (χ4v) is 2.53. The van der Waals surface area contributed by atoms with Crippen molar-refractivity contribution in [1.82, 2.24) is 5.32 Å². The molecule has 1 atom stereocenters. The zero-order valence-electron chi connectivity index (χ0n) is 11.4. The maximum absolute atomic E-state index is 12.1. The van der Waals surface area contributed by atoms with E-state index in [0.29, 0.717) is 18.0 Å². The van der Waals surface area contributed by atoms with Crippen LogP contribution in [-0.4, -0.2) is 25.2 Å². The van der Waals surface area contributed by atoms with Gasteiger partial charge < -0.3 is 14.8 Å². The first-order valence-electron chi connectivity index (χ1n) is 7.17. The highest BCUT2D eigenvalue weighted by molar-refractivity contribution is 5.82. The first-order chi connectivity index (χ1) is 9.83. The highest BCUT2D eigenvalue weighted by Gasteiger charge is 2.27. The van der Waals surface area contributed by atoms with Crippen molar-refractivity contribution in [3.63, 3.8) is 0 Å².